The summed E-state index contributed by atoms with van der Waals surface area (Å²) in [6.07, 6.45) is 0. The topological polar surface area (TPSA) is 104 Å². The maximum Gasteiger partial charge on any atom is 0.273 e. The van der Waals surface area contributed by atoms with Crippen molar-refractivity contribution < 1.29 is 9.59 Å². The van der Waals surface area contributed by atoms with E-state index in [2.05, 4.69) is 15.3 Å². The van der Waals surface area contributed by atoms with Gasteiger partial charge in [0.05, 0.1) is 5.52 Å². The van der Waals surface area contributed by atoms with Gasteiger partial charge in [-0.2, -0.15) is 0 Å². The molecule has 0 spiro atoms. The van der Waals surface area contributed by atoms with Crippen molar-refractivity contribution in [2.24, 2.45) is 0 Å². The van der Waals surface area contributed by atoms with E-state index < -0.39 is 0 Å². The van der Waals surface area contributed by atoms with E-state index in [9.17, 15) is 9.59 Å². The Morgan fingerprint density at radius 1 is 0.972 bits per heavy atom. The number of anilines is 1. The second-order valence-electron chi connectivity index (χ2n) is 9.20. The van der Waals surface area contributed by atoms with E-state index in [-0.39, 0.29) is 23.5 Å². The maximum absolute atomic E-state index is 13.6. The number of likely N-dealkylation sites (N-methyl/N-ethyl adjacent to an activating group) is 1. The average Bonchev–Trinajstić information content (AvgIpc) is 3.31. The zero-order valence-electron chi connectivity index (χ0n) is 20.4. The van der Waals surface area contributed by atoms with Crippen molar-refractivity contribution in [3.8, 4) is 11.1 Å². The average molecular weight is 481 g/mol. The monoisotopic (exact) mass is 480 g/mol. The molecule has 2 amide bonds. The molecule has 4 aromatic rings. The fraction of sp³-hybridized carbons (Fsp3) is 0.214. The highest BCUT2D eigenvalue weighted by Crippen LogP contribution is 2.30. The van der Waals surface area contributed by atoms with E-state index in [1.165, 1.54) is 0 Å². The van der Waals surface area contributed by atoms with Gasteiger partial charge in [0, 0.05) is 37.1 Å². The van der Waals surface area contributed by atoms with Gasteiger partial charge in [-0.25, -0.2) is 9.97 Å². The second kappa shape index (κ2) is 9.75. The number of nitrogens with two attached hydrogens (primary N) is 1. The zero-order chi connectivity index (χ0) is 25.2. The van der Waals surface area contributed by atoms with Gasteiger partial charge < -0.3 is 20.9 Å². The molecule has 1 aromatic heterocycles. The van der Waals surface area contributed by atoms with Gasteiger partial charge in [-0.15, -0.1) is 0 Å². The van der Waals surface area contributed by atoms with Crippen molar-refractivity contribution in [1.82, 2.24) is 25.1 Å². The summed E-state index contributed by atoms with van der Waals surface area (Å²) in [5.41, 5.74) is 11.2. The van der Waals surface area contributed by atoms with Gasteiger partial charge in [0.15, 0.2) is 0 Å². The van der Waals surface area contributed by atoms with E-state index in [1.807, 2.05) is 79.7 Å². The molecule has 1 aliphatic rings. The number of hydrogen-bond donors (Lipinski definition) is 2. The number of hydrogen-bond acceptors (Lipinski definition) is 6. The molecule has 8 heteroatoms. The molecule has 0 fully saturated rings. The zero-order valence-corrected chi connectivity index (χ0v) is 20.4. The highest BCUT2D eigenvalue weighted by molar-refractivity contribution is 6.07. The standard InChI is InChI=1S/C28H28N6O2/c1-33(2)14-13-30-26(35)22-10-6-5-9-21(22)18-11-12-24-23(15-18)25(32-28(29)31-24)27(36)34-16-19-7-3-4-8-20(19)17-34/h3-12,15H,13-14,16-17H2,1-2H3,(H,30,35)(H2,29,31,32). The van der Waals surface area contributed by atoms with Crippen molar-refractivity contribution in [3.63, 3.8) is 0 Å². The van der Waals surface area contributed by atoms with Gasteiger partial charge in [-0.3, -0.25) is 9.59 Å². The van der Waals surface area contributed by atoms with Gasteiger partial charge in [0.25, 0.3) is 11.8 Å². The van der Waals surface area contributed by atoms with Crippen LogP contribution < -0.4 is 11.1 Å². The number of amides is 2. The maximum atomic E-state index is 13.6. The number of nitrogen functional groups attached to an aromatic ring is 1. The number of nitrogens with zero attached hydrogens (tertiary/aromatic N) is 4. The van der Waals surface area contributed by atoms with E-state index in [0.29, 0.717) is 36.1 Å². The summed E-state index contributed by atoms with van der Waals surface area (Å²) in [5, 5.41) is 3.58. The van der Waals surface area contributed by atoms with Gasteiger partial charge in [-0.1, -0.05) is 48.5 Å². The third-order valence-corrected chi connectivity index (χ3v) is 6.37. The summed E-state index contributed by atoms with van der Waals surface area (Å²) in [4.78, 5) is 39.0. The first kappa shape index (κ1) is 23.4. The number of nitrogens with one attached hydrogen (secondary N) is 1. The lowest BCUT2D eigenvalue weighted by Crippen LogP contribution is -2.31. The number of fused-ring (bicyclic) bond motifs is 2. The Labute approximate surface area is 209 Å². The Hall–Kier alpha value is -4.30. The van der Waals surface area contributed by atoms with Gasteiger partial charge >= 0.3 is 0 Å². The van der Waals surface area contributed by atoms with Crippen LogP contribution in [0.25, 0.3) is 22.0 Å². The molecule has 8 nitrogen and oxygen atoms in total. The number of rotatable bonds is 6. The molecule has 0 radical (unpaired) electrons. The fourth-order valence-corrected chi connectivity index (χ4v) is 4.52. The van der Waals surface area contributed by atoms with Crippen LogP contribution in [0.2, 0.25) is 0 Å². The molecule has 1 aliphatic heterocycles. The highest BCUT2D eigenvalue weighted by Gasteiger charge is 2.27. The van der Waals surface area contributed by atoms with Gasteiger partial charge in [0.1, 0.15) is 5.69 Å². The lowest BCUT2D eigenvalue weighted by atomic mass is 9.97. The Bertz CT molecular complexity index is 1440. The van der Waals surface area contributed by atoms with E-state index in [1.54, 1.807) is 11.0 Å². The lowest BCUT2D eigenvalue weighted by molar-refractivity contribution is 0.0747. The van der Waals surface area contributed by atoms with Crippen molar-refractivity contribution in [2.45, 2.75) is 13.1 Å². The molecular formula is C28H28N6O2. The predicted molar refractivity (Wildman–Crippen MR) is 140 cm³/mol. The SMILES string of the molecule is CN(C)CCNC(=O)c1ccccc1-c1ccc2nc(N)nc(C(=O)N3Cc4ccccc4C3)c2c1. The smallest absolute Gasteiger partial charge is 0.273 e. The normalized spacial score (nSPS) is 12.7. The number of carbonyl (C=O) groups is 2. The molecular weight excluding hydrogens is 452 g/mol. The molecule has 5 rings (SSSR count). The Kier molecular flexibility index (Phi) is 6.35. The predicted octanol–water partition coefficient (Wildman–Crippen LogP) is 3.33. The van der Waals surface area contributed by atoms with Crippen LogP contribution in [-0.2, 0) is 13.1 Å². The molecule has 0 unspecified atom stereocenters. The van der Waals surface area contributed by atoms with Crippen LogP contribution in [0.15, 0.2) is 66.7 Å². The third-order valence-electron chi connectivity index (χ3n) is 6.37. The Morgan fingerprint density at radius 2 is 1.67 bits per heavy atom. The largest absolute Gasteiger partial charge is 0.368 e. The summed E-state index contributed by atoms with van der Waals surface area (Å²) < 4.78 is 0. The fourth-order valence-electron chi connectivity index (χ4n) is 4.52. The molecule has 0 saturated carbocycles. The number of aromatic nitrogens is 2. The van der Waals surface area contributed by atoms with Gasteiger partial charge in [0.2, 0.25) is 5.95 Å². The summed E-state index contributed by atoms with van der Waals surface area (Å²) >= 11 is 0. The molecule has 0 bridgehead atoms. The summed E-state index contributed by atoms with van der Waals surface area (Å²) in [6.45, 7) is 2.34. The van der Waals surface area contributed by atoms with Crippen molar-refractivity contribution >= 4 is 28.7 Å². The van der Waals surface area contributed by atoms with Crippen LogP contribution in [0.5, 0.6) is 0 Å². The Balaban J connectivity index is 1.51. The van der Waals surface area contributed by atoms with Crippen LogP contribution >= 0.6 is 0 Å². The first-order valence-electron chi connectivity index (χ1n) is 11.9. The molecule has 0 saturated heterocycles. The summed E-state index contributed by atoms with van der Waals surface area (Å²) in [5.74, 6) is -0.291. The molecule has 0 aliphatic carbocycles. The quantitative estimate of drug-likeness (QED) is 0.439. The first-order chi connectivity index (χ1) is 17.4. The van der Waals surface area contributed by atoms with Crippen LogP contribution in [0.3, 0.4) is 0 Å². The molecule has 3 N–H and O–H groups in total. The van der Waals surface area contributed by atoms with E-state index >= 15 is 0 Å². The van der Waals surface area contributed by atoms with E-state index in [0.717, 1.165) is 28.8 Å². The number of carbonyl (C=O) groups excluding carboxylic acids is 2. The van der Waals surface area contributed by atoms with Crippen LogP contribution in [0.4, 0.5) is 5.95 Å². The van der Waals surface area contributed by atoms with Crippen molar-refractivity contribution in [3.05, 3.63) is 89.1 Å². The lowest BCUT2D eigenvalue weighted by Gasteiger charge is -2.17. The van der Waals surface area contributed by atoms with Crippen molar-refractivity contribution in [1.29, 1.82) is 0 Å². The highest BCUT2D eigenvalue weighted by atomic mass is 16.2. The molecule has 3 aromatic carbocycles. The van der Waals surface area contributed by atoms with E-state index in [4.69, 9.17) is 5.73 Å². The van der Waals surface area contributed by atoms with Crippen LogP contribution in [0.1, 0.15) is 32.0 Å². The minimum absolute atomic E-state index is 0.0518. The van der Waals surface area contributed by atoms with Crippen LogP contribution in [-0.4, -0.2) is 58.8 Å². The molecule has 182 valence electrons. The summed E-state index contributed by atoms with van der Waals surface area (Å²) in [7, 11) is 3.92. The molecule has 0 atom stereocenters. The minimum Gasteiger partial charge on any atom is -0.368 e. The third kappa shape index (κ3) is 4.63. The molecule has 36 heavy (non-hydrogen) atoms. The first-order valence-corrected chi connectivity index (χ1v) is 11.9. The second-order valence-corrected chi connectivity index (χ2v) is 9.20. The Morgan fingerprint density at radius 3 is 2.39 bits per heavy atom. The number of benzene rings is 3. The summed E-state index contributed by atoms with van der Waals surface area (Å²) in [6, 6.07) is 21.0. The molecule has 2 heterocycles. The minimum atomic E-state index is -0.197. The van der Waals surface area contributed by atoms with Crippen LogP contribution in [0, 0.1) is 0 Å². The van der Waals surface area contributed by atoms with Crippen molar-refractivity contribution in [2.75, 3.05) is 32.9 Å². The van der Waals surface area contributed by atoms with Gasteiger partial charge in [-0.05, 0) is 54.5 Å².